The summed E-state index contributed by atoms with van der Waals surface area (Å²) in [6.07, 6.45) is 1.18. The van der Waals surface area contributed by atoms with Crippen molar-refractivity contribution in [3.63, 3.8) is 0 Å². The van der Waals surface area contributed by atoms with E-state index in [-0.39, 0.29) is 5.82 Å². The Hall–Kier alpha value is -0.930. The lowest BCUT2D eigenvalue weighted by molar-refractivity contribution is 0.282. The molecule has 1 aliphatic heterocycles. The van der Waals surface area contributed by atoms with Gasteiger partial charge >= 0.3 is 0 Å². The standard InChI is InChI=1S/C13H19FN2/c1-11-6-8-16(9-7-15-11)10-12-2-4-13(14)5-3-12/h2-5,11,15H,6-10H2,1H3. The third-order valence-corrected chi connectivity index (χ3v) is 3.12. The SMILES string of the molecule is CC1CCN(Cc2ccc(F)cc2)CCN1. The van der Waals surface area contributed by atoms with Gasteiger partial charge in [0.1, 0.15) is 5.82 Å². The van der Waals surface area contributed by atoms with E-state index >= 15 is 0 Å². The number of halogens is 1. The summed E-state index contributed by atoms with van der Waals surface area (Å²) in [5.41, 5.74) is 1.19. The van der Waals surface area contributed by atoms with Crippen LogP contribution in [0.15, 0.2) is 24.3 Å². The van der Waals surface area contributed by atoms with Crippen molar-refractivity contribution in [2.24, 2.45) is 0 Å². The second-order valence-electron chi connectivity index (χ2n) is 4.55. The number of nitrogens with one attached hydrogen (secondary N) is 1. The molecule has 0 amide bonds. The molecule has 1 heterocycles. The summed E-state index contributed by atoms with van der Waals surface area (Å²) >= 11 is 0. The molecule has 3 heteroatoms. The number of benzene rings is 1. The van der Waals surface area contributed by atoms with E-state index in [1.165, 1.54) is 24.1 Å². The van der Waals surface area contributed by atoms with Crippen molar-refractivity contribution in [2.75, 3.05) is 19.6 Å². The summed E-state index contributed by atoms with van der Waals surface area (Å²) in [4.78, 5) is 2.42. The summed E-state index contributed by atoms with van der Waals surface area (Å²) in [7, 11) is 0. The first-order valence-corrected chi connectivity index (χ1v) is 5.94. The van der Waals surface area contributed by atoms with Gasteiger partial charge in [-0.2, -0.15) is 0 Å². The van der Waals surface area contributed by atoms with E-state index in [4.69, 9.17) is 0 Å². The first-order valence-electron chi connectivity index (χ1n) is 5.94. The van der Waals surface area contributed by atoms with E-state index in [2.05, 4.69) is 17.1 Å². The topological polar surface area (TPSA) is 15.3 Å². The van der Waals surface area contributed by atoms with Crippen molar-refractivity contribution >= 4 is 0 Å². The summed E-state index contributed by atoms with van der Waals surface area (Å²) < 4.78 is 12.8. The molecule has 0 spiro atoms. The summed E-state index contributed by atoms with van der Waals surface area (Å²) in [5, 5.41) is 3.47. The molecule has 1 aromatic carbocycles. The second kappa shape index (κ2) is 5.41. The van der Waals surface area contributed by atoms with Gasteiger partial charge in [-0.25, -0.2) is 4.39 Å². The van der Waals surface area contributed by atoms with Crippen molar-refractivity contribution in [1.29, 1.82) is 0 Å². The first-order chi connectivity index (χ1) is 7.74. The number of hydrogen-bond acceptors (Lipinski definition) is 2. The zero-order valence-corrected chi connectivity index (χ0v) is 9.75. The van der Waals surface area contributed by atoms with Crippen LogP contribution in [0.5, 0.6) is 0 Å². The van der Waals surface area contributed by atoms with Gasteiger partial charge < -0.3 is 5.32 Å². The third kappa shape index (κ3) is 3.29. The minimum Gasteiger partial charge on any atom is -0.313 e. The highest BCUT2D eigenvalue weighted by Crippen LogP contribution is 2.09. The van der Waals surface area contributed by atoms with Crippen LogP contribution in [0.25, 0.3) is 0 Å². The predicted molar refractivity (Wildman–Crippen MR) is 63.8 cm³/mol. The van der Waals surface area contributed by atoms with Crippen LogP contribution in [0, 0.1) is 5.82 Å². The van der Waals surface area contributed by atoms with Gasteiger partial charge in [0.2, 0.25) is 0 Å². The van der Waals surface area contributed by atoms with Crippen LogP contribution < -0.4 is 5.32 Å². The van der Waals surface area contributed by atoms with E-state index in [0.717, 1.165) is 26.2 Å². The summed E-state index contributed by atoms with van der Waals surface area (Å²) in [6, 6.07) is 7.43. The van der Waals surface area contributed by atoms with Crippen LogP contribution in [0.1, 0.15) is 18.9 Å². The minimum absolute atomic E-state index is 0.157. The Morgan fingerprint density at radius 1 is 1.31 bits per heavy atom. The minimum atomic E-state index is -0.157. The monoisotopic (exact) mass is 222 g/mol. The van der Waals surface area contributed by atoms with Crippen LogP contribution in [0.4, 0.5) is 4.39 Å². The Morgan fingerprint density at radius 2 is 2.06 bits per heavy atom. The van der Waals surface area contributed by atoms with Crippen molar-refractivity contribution in [2.45, 2.75) is 25.9 Å². The average Bonchev–Trinajstić information content (AvgIpc) is 2.47. The number of nitrogens with zero attached hydrogens (tertiary/aromatic N) is 1. The van der Waals surface area contributed by atoms with E-state index in [1.54, 1.807) is 0 Å². The second-order valence-corrected chi connectivity index (χ2v) is 4.55. The maximum Gasteiger partial charge on any atom is 0.123 e. The quantitative estimate of drug-likeness (QED) is 0.823. The molecular weight excluding hydrogens is 203 g/mol. The lowest BCUT2D eigenvalue weighted by atomic mass is 10.2. The normalized spacial score (nSPS) is 23.0. The molecule has 1 N–H and O–H groups in total. The van der Waals surface area contributed by atoms with E-state index in [9.17, 15) is 4.39 Å². The highest BCUT2D eigenvalue weighted by molar-refractivity contribution is 5.15. The molecule has 1 saturated heterocycles. The Labute approximate surface area is 96.5 Å². The fourth-order valence-corrected chi connectivity index (χ4v) is 2.07. The largest absolute Gasteiger partial charge is 0.313 e. The van der Waals surface area contributed by atoms with Gasteiger partial charge in [-0.3, -0.25) is 4.90 Å². The smallest absolute Gasteiger partial charge is 0.123 e. The van der Waals surface area contributed by atoms with Crippen LogP contribution in [-0.4, -0.2) is 30.6 Å². The summed E-state index contributed by atoms with van der Waals surface area (Å²) in [5.74, 6) is -0.157. The molecule has 0 saturated carbocycles. The molecule has 1 aliphatic rings. The van der Waals surface area contributed by atoms with E-state index in [1.807, 2.05) is 12.1 Å². The Morgan fingerprint density at radius 3 is 2.81 bits per heavy atom. The van der Waals surface area contributed by atoms with Crippen molar-refractivity contribution < 1.29 is 4.39 Å². The van der Waals surface area contributed by atoms with Gasteiger partial charge in [0.05, 0.1) is 0 Å². The molecule has 1 fully saturated rings. The Kier molecular flexibility index (Phi) is 3.91. The highest BCUT2D eigenvalue weighted by Gasteiger charge is 2.12. The van der Waals surface area contributed by atoms with Gasteiger partial charge in [0.15, 0.2) is 0 Å². The molecule has 1 atom stereocenters. The van der Waals surface area contributed by atoms with Crippen LogP contribution in [0.2, 0.25) is 0 Å². The molecule has 2 nitrogen and oxygen atoms in total. The van der Waals surface area contributed by atoms with Crippen LogP contribution in [0.3, 0.4) is 0 Å². The van der Waals surface area contributed by atoms with Gasteiger partial charge in [0, 0.05) is 32.2 Å². The van der Waals surface area contributed by atoms with E-state index < -0.39 is 0 Å². The maximum absolute atomic E-state index is 12.8. The molecule has 88 valence electrons. The van der Waals surface area contributed by atoms with Crippen molar-refractivity contribution in [3.8, 4) is 0 Å². The molecule has 0 aliphatic carbocycles. The van der Waals surface area contributed by atoms with Gasteiger partial charge in [-0.1, -0.05) is 12.1 Å². The lowest BCUT2D eigenvalue weighted by Gasteiger charge is -2.19. The molecule has 16 heavy (non-hydrogen) atoms. The number of hydrogen-bond donors (Lipinski definition) is 1. The van der Waals surface area contributed by atoms with Crippen LogP contribution in [-0.2, 0) is 6.54 Å². The maximum atomic E-state index is 12.8. The van der Waals surface area contributed by atoms with Gasteiger partial charge in [-0.05, 0) is 31.0 Å². The summed E-state index contributed by atoms with van der Waals surface area (Å²) in [6.45, 7) is 6.38. The molecule has 1 aromatic rings. The zero-order valence-electron chi connectivity index (χ0n) is 9.75. The van der Waals surface area contributed by atoms with Crippen molar-refractivity contribution in [1.82, 2.24) is 10.2 Å². The van der Waals surface area contributed by atoms with Gasteiger partial charge in [-0.15, -0.1) is 0 Å². The zero-order chi connectivity index (χ0) is 11.4. The number of rotatable bonds is 2. The highest BCUT2D eigenvalue weighted by atomic mass is 19.1. The van der Waals surface area contributed by atoms with Crippen molar-refractivity contribution in [3.05, 3.63) is 35.6 Å². The molecule has 1 unspecified atom stereocenters. The molecule has 0 bridgehead atoms. The molecule has 0 radical (unpaired) electrons. The first kappa shape index (κ1) is 11.6. The van der Waals surface area contributed by atoms with Crippen LogP contribution >= 0.6 is 0 Å². The van der Waals surface area contributed by atoms with Gasteiger partial charge in [0.25, 0.3) is 0 Å². The fourth-order valence-electron chi connectivity index (χ4n) is 2.07. The molecule has 2 rings (SSSR count). The lowest BCUT2D eigenvalue weighted by Crippen LogP contribution is -2.28. The molecule has 0 aromatic heterocycles. The Balaban J connectivity index is 1.91. The third-order valence-electron chi connectivity index (χ3n) is 3.12. The molecular formula is C13H19FN2. The fraction of sp³-hybridized carbons (Fsp3) is 0.538. The van der Waals surface area contributed by atoms with E-state index in [0.29, 0.717) is 6.04 Å². The Bertz CT molecular complexity index is 323. The average molecular weight is 222 g/mol. The predicted octanol–water partition coefficient (Wildman–Crippen LogP) is 2.01.